The molecule has 0 aliphatic carbocycles. The zero-order chi connectivity index (χ0) is 25.8. The van der Waals surface area contributed by atoms with E-state index in [9.17, 15) is 23.1 Å². The molecule has 1 amide bonds. The van der Waals surface area contributed by atoms with Crippen molar-refractivity contribution in [2.75, 3.05) is 26.5 Å². The van der Waals surface area contributed by atoms with E-state index in [0.29, 0.717) is 11.3 Å². The van der Waals surface area contributed by atoms with Crippen LogP contribution in [-0.2, 0) is 10.0 Å². The van der Waals surface area contributed by atoms with Gasteiger partial charge in [-0.25, -0.2) is 4.79 Å². The predicted octanol–water partition coefficient (Wildman–Crippen LogP) is 3.65. The molecule has 0 spiro atoms. The quantitative estimate of drug-likeness (QED) is 0.379. The second kappa shape index (κ2) is 10.4. The Morgan fingerprint density at radius 1 is 0.943 bits per heavy atom. The van der Waals surface area contributed by atoms with Crippen LogP contribution in [0.1, 0.15) is 31.8 Å². The molecule has 0 bridgehead atoms. The minimum absolute atomic E-state index is 0.0761. The highest BCUT2D eigenvalue weighted by molar-refractivity contribution is 7.90. The number of aromatic carboxylic acids is 1. The Morgan fingerprint density at radius 3 is 2.09 bits per heavy atom. The molecule has 2 N–H and O–H groups in total. The SMILES string of the molecule is COc1ccc(NC(=O)c2ccc(/C(=N\S(=O)(=O)c3ccc(C)cc3)N(C)C)cc2)c(C(=O)O)c1. The van der Waals surface area contributed by atoms with E-state index in [0.717, 1.165) is 5.56 Å². The summed E-state index contributed by atoms with van der Waals surface area (Å²) in [5.41, 5.74) is 1.67. The number of methoxy groups -OCH3 is 1. The van der Waals surface area contributed by atoms with Crippen LogP contribution in [0.25, 0.3) is 0 Å². The molecule has 0 radical (unpaired) electrons. The van der Waals surface area contributed by atoms with Gasteiger partial charge in [0.1, 0.15) is 11.6 Å². The number of amides is 1. The van der Waals surface area contributed by atoms with Crippen LogP contribution in [0.4, 0.5) is 5.69 Å². The van der Waals surface area contributed by atoms with E-state index < -0.39 is 21.9 Å². The number of nitrogens with zero attached hydrogens (tertiary/aromatic N) is 2. The second-order valence-corrected chi connectivity index (χ2v) is 9.45. The van der Waals surface area contributed by atoms with E-state index >= 15 is 0 Å². The van der Waals surface area contributed by atoms with Crippen LogP contribution < -0.4 is 10.1 Å². The van der Waals surface area contributed by atoms with Gasteiger partial charge >= 0.3 is 5.97 Å². The molecule has 0 saturated carbocycles. The molecule has 0 saturated heterocycles. The minimum atomic E-state index is -3.95. The van der Waals surface area contributed by atoms with Crippen LogP contribution in [0.3, 0.4) is 0 Å². The second-order valence-electron chi connectivity index (χ2n) is 7.85. The predicted molar refractivity (Wildman–Crippen MR) is 133 cm³/mol. The third kappa shape index (κ3) is 6.04. The Balaban J connectivity index is 1.88. The van der Waals surface area contributed by atoms with Gasteiger partial charge in [-0.15, -0.1) is 4.40 Å². The first-order chi connectivity index (χ1) is 16.5. The maximum absolute atomic E-state index is 12.8. The van der Waals surface area contributed by atoms with Gasteiger partial charge in [-0.3, -0.25) is 4.79 Å². The molecule has 0 heterocycles. The van der Waals surface area contributed by atoms with Crippen molar-refractivity contribution < 1.29 is 27.9 Å². The van der Waals surface area contributed by atoms with E-state index in [1.165, 1.54) is 43.5 Å². The third-order valence-corrected chi connectivity index (χ3v) is 6.34. The summed E-state index contributed by atoms with van der Waals surface area (Å²) in [4.78, 5) is 25.9. The highest BCUT2D eigenvalue weighted by atomic mass is 32.2. The monoisotopic (exact) mass is 495 g/mol. The minimum Gasteiger partial charge on any atom is -0.497 e. The van der Waals surface area contributed by atoms with Crippen molar-refractivity contribution in [1.29, 1.82) is 0 Å². The number of hydrogen-bond donors (Lipinski definition) is 2. The number of carboxylic acid groups (broad SMARTS) is 1. The zero-order valence-corrected chi connectivity index (χ0v) is 20.5. The Morgan fingerprint density at radius 2 is 1.54 bits per heavy atom. The van der Waals surface area contributed by atoms with Gasteiger partial charge in [0.25, 0.3) is 15.9 Å². The maximum Gasteiger partial charge on any atom is 0.337 e. The fraction of sp³-hybridized carbons (Fsp3) is 0.160. The Labute approximate surface area is 203 Å². The molecule has 0 atom stereocenters. The molecule has 0 unspecified atom stereocenters. The Bertz CT molecular complexity index is 1380. The van der Waals surface area contributed by atoms with Gasteiger partial charge in [-0.1, -0.05) is 29.8 Å². The fourth-order valence-electron chi connectivity index (χ4n) is 3.17. The number of ether oxygens (including phenoxy) is 1. The van der Waals surface area contributed by atoms with E-state index in [1.54, 1.807) is 49.3 Å². The Kier molecular flexibility index (Phi) is 7.55. The highest BCUT2D eigenvalue weighted by Gasteiger charge is 2.18. The summed E-state index contributed by atoms with van der Waals surface area (Å²) < 4.78 is 34.7. The summed E-state index contributed by atoms with van der Waals surface area (Å²) in [5.74, 6) is -1.20. The average Bonchev–Trinajstić information content (AvgIpc) is 2.83. The number of benzene rings is 3. The molecule has 0 aromatic heterocycles. The van der Waals surface area contributed by atoms with Crippen LogP contribution in [-0.4, -0.2) is 57.3 Å². The number of carboxylic acids is 1. The van der Waals surface area contributed by atoms with Crippen molar-refractivity contribution >= 4 is 33.4 Å². The molecule has 0 aliphatic heterocycles. The summed E-state index contributed by atoms with van der Waals surface area (Å²) >= 11 is 0. The first-order valence-corrected chi connectivity index (χ1v) is 11.9. The van der Waals surface area contributed by atoms with Gasteiger partial charge < -0.3 is 20.1 Å². The van der Waals surface area contributed by atoms with Gasteiger partial charge in [-0.2, -0.15) is 8.42 Å². The first kappa shape index (κ1) is 25.4. The van der Waals surface area contributed by atoms with E-state index in [-0.39, 0.29) is 27.5 Å². The van der Waals surface area contributed by atoms with E-state index in [4.69, 9.17) is 4.74 Å². The Hall–Kier alpha value is -4.18. The number of sulfonamides is 1. The summed E-state index contributed by atoms with van der Waals surface area (Å²) in [6.07, 6.45) is 0. The van der Waals surface area contributed by atoms with Crippen LogP contribution in [0.15, 0.2) is 76.0 Å². The lowest BCUT2D eigenvalue weighted by atomic mass is 10.1. The van der Waals surface area contributed by atoms with Gasteiger partial charge in [0.2, 0.25) is 0 Å². The van der Waals surface area contributed by atoms with Crippen LogP contribution >= 0.6 is 0 Å². The molecular formula is C25H25N3O6S. The van der Waals surface area contributed by atoms with Crippen LogP contribution in [0.5, 0.6) is 5.75 Å². The summed E-state index contributed by atoms with van der Waals surface area (Å²) in [5, 5.41) is 12.0. The van der Waals surface area contributed by atoms with Crippen molar-refractivity contribution in [1.82, 2.24) is 4.90 Å². The van der Waals surface area contributed by atoms with Gasteiger partial charge in [-0.05, 0) is 49.4 Å². The lowest BCUT2D eigenvalue weighted by Gasteiger charge is -2.16. The lowest BCUT2D eigenvalue weighted by molar-refractivity contribution is 0.0697. The number of amidine groups is 1. The maximum atomic E-state index is 12.8. The van der Waals surface area contributed by atoms with Crippen LogP contribution in [0.2, 0.25) is 0 Å². The van der Waals surface area contributed by atoms with Crippen molar-refractivity contribution in [3.8, 4) is 5.75 Å². The van der Waals surface area contributed by atoms with Crippen molar-refractivity contribution in [2.45, 2.75) is 11.8 Å². The lowest BCUT2D eigenvalue weighted by Crippen LogP contribution is -2.24. The molecule has 3 aromatic rings. The number of nitrogens with one attached hydrogen (secondary N) is 1. The number of anilines is 1. The number of carbonyl (C=O) groups excluding carboxylic acids is 1. The van der Waals surface area contributed by atoms with E-state index in [1.807, 2.05) is 6.92 Å². The molecule has 3 rings (SSSR count). The molecule has 182 valence electrons. The van der Waals surface area contributed by atoms with E-state index in [2.05, 4.69) is 9.71 Å². The normalized spacial score (nSPS) is 11.6. The molecule has 0 aliphatic rings. The largest absolute Gasteiger partial charge is 0.497 e. The van der Waals surface area contributed by atoms with Crippen molar-refractivity contribution in [3.05, 3.63) is 89.0 Å². The average molecular weight is 496 g/mol. The third-order valence-electron chi connectivity index (χ3n) is 5.06. The van der Waals surface area contributed by atoms with Crippen molar-refractivity contribution in [2.24, 2.45) is 4.40 Å². The molecule has 0 fully saturated rings. The fourth-order valence-corrected chi connectivity index (χ4v) is 4.25. The molecular weight excluding hydrogens is 470 g/mol. The van der Waals surface area contributed by atoms with Gasteiger partial charge in [0.05, 0.1) is 23.3 Å². The molecule has 9 nitrogen and oxygen atoms in total. The molecule has 3 aromatic carbocycles. The summed E-state index contributed by atoms with van der Waals surface area (Å²) in [6.45, 7) is 1.86. The number of carbonyl (C=O) groups is 2. The molecule has 10 heteroatoms. The van der Waals surface area contributed by atoms with Crippen LogP contribution in [0, 0.1) is 6.92 Å². The standard InChI is InChI=1S/C25H25N3O6S/c1-16-5-12-20(13-6-16)35(32,33)27-23(28(2)3)17-7-9-18(10-8-17)24(29)26-22-14-11-19(34-4)15-21(22)25(30)31/h5-15H,1-4H3,(H,26,29)(H,30,31)/b27-23+. The first-order valence-electron chi connectivity index (χ1n) is 10.4. The van der Waals surface area contributed by atoms with Gasteiger partial charge in [0, 0.05) is 25.2 Å². The van der Waals surface area contributed by atoms with Crippen molar-refractivity contribution in [3.63, 3.8) is 0 Å². The number of rotatable bonds is 7. The summed E-state index contributed by atoms with van der Waals surface area (Å²) in [7, 11) is 0.796. The topological polar surface area (TPSA) is 125 Å². The smallest absolute Gasteiger partial charge is 0.337 e. The number of aryl methyl sites for hydroxylation is 1. The summed E-state index contributed by atoms with van der Waals surface area (Å²) in [6, 6.07) is 16.9. The zero-order valence-electron chi connectivity index (χ0n) is 19.6. The molecule has 35 heavy (non-hydrogen) atoms. The van der Waals surface area contributed by atoms with Gasteiger partial charge in [0.15, 0.2) is 0 Å². The number of hydrogen-bond acceptors (Lipinski definition) is 5. The highest BCUT2D eigenvalue weighted by Crippen LogP contribution is 2.23.